The van der Waals surface area contributed by atoms with Crippen LogP contribution in [0.1, 0.15) is 15.9 Å². The van der Waals surface area contributed by atoms with Crippen molar-refractivity contribution in [2.24, 2.45) is 5.73 Å². The summed E-state index contributed by atoms with van der Waals surface area (Å²) in [7, 11) is -3.94. The van der Waals surface area contributed by atoms with Gasteiger partial charge in [-0.25, -0.2) is 8.42 Å². The van der Waals surface area contributed by atoms with Crippen LogP contribution in [0.2, 0.25) is 0 Å². The van der Waals surface area contributed by atoms with E-state index in [0.717, 1.165) is 17.0 Å². The number of nitrogens with two attached hydrogens (primary N) is 1. The molecule has 1 heterocycles. The molecule has 0 aliphatic heterocycles. The molecule has 24 heavy (non-hydrogen) atoms. The van der Waals surface area contributed by atoms with E-state index >= 15 is 0 Å². The lowest BCUT2D eigenvalue weighted by atomic mass is 10.1. The molecule has 0 saturated carbocycles. The van der Waals surface area contributed by atoms with Crippen molar-refractivity contribution in [3.8, 4) is 5.75 Å². The van der Waals surface area contributed by atoms with Gasteiger partial charge >= 0.3 is 0 Å². The molecule has 0 bridgehead atoms. The van der Waals surface area contributed by atoms with Crippen LogP contribution in [0.4, 0.5) is 5.69 Å². The highest BCUT2D eigenvalue weighted by atomic mass is 32.2. The van der Waals surface area contributed by atoms with Gasteiger partial charge in [0.05, 0.1) is 16.1 Å². The molecule has 0 aliphatic rings. The quantitative estimate of drug-likeness (QED) is 0.577. The maximum atomic E-state index is 12.6. The van der Waals surface area contributed by atoms with Crippen molar-refractivity contribution in [2.75, 3.05) is 4.72 Å². The van der Waals surface area contributed by atoms with Crippen LogP contribution < -0.4 is 10.5 Å². The van der Waals surface area contributed by atoms with Crippen molar-refractivity contribution in [3.05, 3.63) is 53.7 Å². The first-order valence-electron chi connectivity index (χ1n) is 7.01. The predicted octanol–water partition coefficient (Wildman–Crippen LogP) is 2.08. The molecular weight excluding hydrogens is 330 g/mol. The maximum Gasteiger partial charge on any atom is 0.261 e. The Morgan fingerprint density at radius 3 is 2.67 bits per heavy atom. The summed E-state index contributed by atoms with van der Waals surface area (Å²) in [6.07, 6.45) is 1.76. The van der Waals surface area contributed by atoms with Gasteiger partial charge in [0.15, 0.2) is 0 Å². The van der Waals surface area contributed by atoms with Crippen LogP contribution >= 0.6 is 0 Å². The number of carbonyl (C=O) groups is 1. The first-order chi connectivity index (χ1) is 11.3. The fraction of sp³-hybridized carbons (Fsp3) is 0.0625. The summed E-state index contributed by atoms with van der Waals surface area (Å²) in [6.45, 7) is 1.49. The van der Waals surface area contributed by atoms with Gasteiger partial charge in [0, 0.05) is 11.7 Å². The number of sulfonamides is 1. The topological polar surface area (TPSA) is 125 Å². The molecule has 0 radical (unpaired) electrons. The van der Waals surface area contributed by atoms with Crippen LogP contribution in [0.15, 0.2) is 47.5 Å². The number of amides is 1. The van der Waals surface area contributed by atoms with Gasteiger partial charge < -0.3 is 15.8 Å². The van der Waals surface area contributed by atoms with Gasteiger partial charge in [-0.15, -0.1) is 0 Å². The van der Waals surface area contributed by atoms with Gasteiger partial charge in [0.25, 0.3) is 15.9 Å². The van der Waals surface area contributed by atoms with Crippen molar-refractivity contribution in [1.82, 2.24) is 4.98 Å². The number of H-pyrrole nitrogens is 1. The van der Waals surface area contributed by atoms with E-state index in [0.29, 0.717) is 5.69 Å². The highest BCUT2D eigenvalue weighted by molar-refractivity contribution is 7.92. The molecule has 0 fully saturated rings. The third-order valence-electron chi connectivity index (χ3n) is 3.66. The molecule has 0 spiro atoms. The average molecular weight is 345 g/mol. The molecule has 1 amide bonds. The standard InChI is InChI=1S/C16H15N3O4S/c1-9-6-12(8-13(15(9)20)16(17)21)24(22,23)19-11-3-2-10-4-5-18-14(10)7-11/h2-8,18-20H,1H3,(H2,17,21). The summed E-state index contributed by atoms with van der Waals surface area (Å²) in [4.78, 5) is 14.2. The second-order valence-electron chi connectivity index (χ2n) is 5.39. The Kier molecular flexibility index (Phi) is 3.69. The Bertz CT molecular complexity index is 1050. The minimum atomic E-state index is -3.94. The number of aromatic amines is 1. The molecule has 0 atom stereocenters. The van der Waals surface area contributed by atoms with Gasteiger partial charge in [0.1, 0.15) is 5.75 Å². The Morgan fingerprint density at radius 2 is 1.96 bits per heavy atom. The highest BCUT2D eigenvalue weighted by Crippen LogP contribution is 2.27. The second-order valence-corrected chi connectivity index (χ2v) is 7.07. The molecule has 5 N–H and O–H groups in total. The monoisotopic (exact) mass is 345 g/mol. The summed E-state index contributed by atoms with van der Waals surface area (Å²) in [5, 5.41) is 10.8. The van der Waals surface area contributed by atoms with Crippen LogP contribution in [0.25, 0.3) is 10.9 Å². The number of aryl methyl sites for hydroxylation is 1. The Morgan fingerprint density at radius 1 is 1.21 bits per heavy atom. The SMILES string of the molecule is Cc1cc(S(=O)(=O)Nc2ccc3cc[nH]c3c2)cc(C(N)=O)c1O. The van der Waals surface area contributed by atoms with Gasteiger partial charge in [-0.3, -0.25) is 9.52 Å². The van der Waals surface area contributed by atoms with Crippen LogP contribution in [0.5, 0.6) is 5.75 Å². The van der Waals surface area contributed by atoms with Gasteiger partial charge in [-0.05, 0) is 48.2 Å². The van der Waals surface area contributed by atoms with E-state index in [1.165, 1.54) is 13.0 Å². The zero-order valence-corrected chi connectivity index (χ0v) is 13.5. The Balaban J connectivity index is 2.02. The number of nitrogens with one attached hydrogen (secondary N) is 2. The number of hydrogen-bond donors (Lipinski definition) is 4. The minimum absolute atomic E-state index is 0.154. The first-order valence-corrected chi connectivity index (χ1v) is 8.49. The number of aromatic hydroxyl groups is 1. The molecule has 0 unspecified atom stereocenters. The number of carbonyl (C=O) groups excluding carboxylic acids is 1. The molecule has 0 aliphatic carbocycles. The highest BCUT2D eigenvalue weighted by Gasteiger charge is 2.20. The van der Waals surface area contributed by atoms with Crippen molar-refractivity contribution in [3.63, 3.8) is 0 Å². The molecule has 124 valence electrons. The number of fused-ring (bicyclic) bond motifs is 1. The van der Waals surface area contributed by atoms with E-state index in [1.807, 2.05) is 6.07 Å². The molecule has 3 aromatic rings. The van der Waals surface area contributed by atoms with Crippen LogP contribution in [-0.4, -0.2) is 24.4 Å². The lowest BCUT2D eigenvalue weighted by Crippen LogP contribution is -2.16. The van der Waals surface area contributed by atoms with Crippen molar-refractivity contribution in [1.29, 1.82) is 0 Å². The summed E-state index contributed by atoms with van der Waals surface area (Å²) < 4.78 is 27.6. The van der Waals surface area contributed by atoms with Gasteiger partial charge in [-0.1, -0.05) is 6.07 Å². The predicted molar refractivity (Wildman–Crippen MR) is 90.5 cm³/mol. The van der Waals surface area contributed by atoms with E-state index in [-0.39, 0.29) is 21.8 Å². The number of benzene rings is 2. The van der Waals surface area contributed by atoms with E-state index in [1.54, 1.807) is 24.4 Å². The smallest absolute Gasteiger partial charge is 0.261 e. The molecule has 7 nitrogen and oxygen atoms in total. The maximum absolute atomic E-state index is 12.6. The van der Waals surface area contributed by atoms with Crippen LogP contribution in [-0.2, 0) is 10.0 Å². The second kappa shape index (κ2) is 5.57. The summed E-state index contributed by atoms with van der Waals surface area (Å²) >= 11 is 0. The number of phenols is 1. The normalized spacial score (nSPS) is 11.5. The number of anilines is 1. The summed E-state index contributed by atoms with van der Waals surface area (Å²) in [5.41, 5.74) is 6.34. The third kappa shape index (κ3) is 2.79. The third-order valence-corrected chi connectivity index (χ3v) is 5.02. The lowest BCUT2D eigenvalue weighted by Gasteiger charge is -2.11. The lowest BCUT2D eigenvalue weighted by molar-refractivity contribution is 0.0997. The molecule has 3 rings (SSSR count). The molecule has 0 saturated heterocycles. The largest absolute Gasteiger partial charge is 0.507 e. The Labute approximate surface area is 138 Å². The zero-order chi connectivity index (χ0) is 17.5. The fourth-order valence-corrected chi connectivity index (χ4v) is 3.57. The van der Waals surface area contributed by atoms with Crippen molar-refractivity contribution < 1.29 is 18.3 Å². The van der Waals surface area contributed by atoms with Gasteiger partial charge in [0.2, 0.25) is 0 Å². The van der Waals surface area contributed by atoms with Crippen LogP contribution in [0, 0.1) is 6.92 Å². The van der Waals surface area contributed by atoms with Crippen LogP contribution in [0.3, 0.4) is 0 Å². The first kappa shape index (κ1) is 15.9. The number of aromatic nitrogens is 1. The molecule has 8 heteroatoms. The number of primary amides is 1. The van der Waals surface area contributed by atoms with Gasteiger partial charge in [-0.2, -0.15) is 0 Å². The van der Waals surface area contributed by atoms with E-state index in [4.69, 9.17) is 5.73 Å². The molecular formula is C16H15N3O4S. The fourth-order valence-electron chi connectivity index (χ4n) is 2.41. The minimum Gasteiger partial charge on any atom is -0.507 e. The summed E-state index contributed by atoms with van der Waals surface area (Å²) in [5.74, 6) is -1.23. The molecule has 2 aromatic carbocycles. The number of hydrogen-bond acceptors (Lipinski definition) is 4. The average Bonchev–Trinajstić information content (AvgIpc) is 2.96. The van der Waals surface area contributed by atoms with E-state index in [2.05, 4.69) is 9.71 Å². The molecule has 1 aromatic heterocycles. The van der Waals surface area contributed by atoms with Crippen molar-refractivity contribution >= 4 is 32.5 Å². The summed E-state index contributed by atoms with van der Waals surface area (Å²) in [6, 6.07) is 9.28. The zero-order valence-electron chi connectivity index (χ0n) is 12.7. The van der Waals surface area contributed by atoms with Crippen molar-refractivity contribution in [2.45, 2.75) is 11.8 Å². The number of rotatable bonds is 4. The van der Waals surface area contributed by atoms with E-state index in [9.17, 15) is 18.3 Å². The van der Waals surface area contributed by atoms with E-state index < -0.39 is 15.9 Å². The Hall–Kier alpha value is -3.00.